The third kappa shape index (κ3) is 5.61. The molecule has 1 amide bonds. The number of piperazine rings is 1. The average Bonchev–Trinajstić information content (AvgIpc) is 2.70. The number of carbonyl (C=O) groups is 1. The lowest BCUT2D eigenvalue weighted by atomic mass is 10.2. The molecule has 0 atom stereocenters. The fourth-order valence-corrected chi connectivity index (χ4v) is 3.48. The Kier molecular flexibility index (Phi) is 7.14. The standard InChI is InChI=1S/C21H26ClN3O3/c1-27-18-5-3-4-16(12-18)14-24-8-10-25(11-9-24)15-21(26)23-19-13-17(22)6-7-20(19)28-2/h3-7,12-13H,8-11,14-15H2,1-2H3,(H,23,26). The molecule has 0 aromatic heterocycles. The predicted octanol–water partition coefficient (Wildman–Crippen LogP) is 3.11. The molecule has 0 bridgehead atoms. The number of benzene rings is 2. The quantitative estimate of drug-likeness (QED) is 0.769. The molecule has 1 aliphatic heterocycles. The highest BCUT2D eigenvalue weighted by Gasteiger charge is 2.20. The first-order chi connectivity index (χ1) is 13.6. The Bertz CT molecular complexity index is 807. The molecular formula is C21H26ClN3O3. The van der Waals surface area contributed by atoms with Crippen LogP contribution < -0.4 is 14.8 Å². The number of ether oxygens (including phenoxy) is 2. The van der Waals surface area contributed by atoms with Crippen LogP contribution in [0.1, 0.15) is 5.56 Å². The first-order valence-electron chi connectivity index (χ1n) is 9.28. The molecule has 1 N–H and O–H groups in total. The van der Waals surface area contributed by atoms with E-state index in [9.17, 15) is 4.79 Å². The molecule has 1 aliphatic rings. The Balaban J connectivity index is 1.47. The number of amides is 1. The molecule has 150 valence electrons. The summed E-state index contributed by atoms with van der Waals surface area (Å²) in [6.07, 6.45) is 0. The molecule has 0 saturated carbocycles. The smallest absolute Gasteiger partial charge is 0.238 e. The summed E-state index contributed by atoms with van der Waals surface area (Å²) in [6.45, 7) is 4.78. The lowest BCUT2D eigenvalue weighted by Crippen LogP contribution is -2.48. The van der Waals surface area contributed by atoms with Gasteiger partial charge in [-0.25, -0.2) is 0 Å². The summed E-state index contributed by atoms with van der Waals surface area (Å²) in [7, 11) is 3.25. The number of anilines is 1. The van der Waals surface area contributed by atoms with Crippen LogP contribution in [0, 0.1) is 0 Å². The molecule has 0 radical (unpaired) electrons. The molecule has 1 saturated heterocycles. The van der Waals surface area contributed by atoms with Gasteiger partial charge in [-0.2, -0.15) is 0 Å². The van der Waals surface area contributed by atoms with Crippen LogP contribution >= 0.6 is 11.6 Å². The second-order valence-corrected chi connectivity index (χ2v) is 7.23. The lowest BCUT2D eigenvalue weighted by molar-refractivity contribution is -0.117. The fraction of sp³-hybridized carbons (Fsp3) is 0.381. The fourth-order valence-electron chi connectivity index (χ4n) is 3.31. The first kappa shape index (κ1) is 20.5. The van der Waals surface area contributed by atoms with Crippen molar-refractivity contribution in [2.24, 2.45) is 0 Å². The van der Waals surface area contributed by atoms with E-state index in [0.717, 1.165) is 38.5 Å². The molecule has 6 nitrogen and oxygen atoms in total. The van der Waals surface area contributed by atoms with Gasteiger partial charge in [-0.15, -0.1) is 0 Å². The highest BCUT2D eigenvalue weighted by Crippen LogP contribution is 2.27. The van der Waals surface area contributed by atoms with Crippen LogP contribution in [0.3, 0.4) is 0 Å². The van der Waals surface area contributed by atoms with Gasteiger partial charge in [0, 0.05) is 37.7 Å². The van der Waals surface area contributed by atoms with E-state index in [1.165, 1.54) is 5.56 Å². The second-order valence-electron chi connectivity index (χ2n) is 6.80. The van der Waals surface area contributed by atoms with Gasteiger partial charge in [-0.3, -0.25) is 14.6 Å². The zero-order valence-corrected chi connectivity index (χ0v) is 17.0. The van der Waals surface area contributed by atoms with Gasteiger partial charge >= 0.3 is 0 Å². The van der Waals surface area contributed by atoms with Crippen molar-refractivity contribution in [3.8, 4) is 11.5 Å². The zero-order valence-electron chi connectivity index (χ0n) is 16.3. The minimum atomic E-state index is -0.0678. The van der Waals surface area contributed by atoms with E-state index in [0.29, 0.717) is 23.0 Å². The van der Waals surface area contributed by atoms with E-state index < -0.39 is 0 Å². The molecule has 0 spiro atoms. The predicted molar refractivity (Wildman–Crippen MR) is 111 cm³/mol. The molecule has 2 aromatic carbocycles. The van der Waals surface area contributed by atoms with Crippen molar-refractivity contribution < 1.29 is 14.3 Å². The van der Waals surface area contributed by atoms with Crippen LogP contribution in [0.2, 0.25) is 5.02 Å². The van der Waals surface area contributed by atoms with Gasteiger partial charge in [0.25, 0.3) is 0 Å². The van der Waals surface area contributed by atoms with Crippen molar-refractivity contribution in [1.82, 2.24) is 9.80 Å². The molecule has 2 aromatic rings. The number of rotatable bonds is 7. The van der Waals surface area contributed by atoms with Crippen LogP contribution in [-0.2, 0) is 11.3 Å². The number of carbonyl (C=O) groups excluding carboxylic acids is 1. The maximum atomic E-state index is 12.4. The van der Waals surface area contributed by atoms with Crippen molar-refractivity contribution in [2.45, 2.75) is 6.54 Å². The Labute approximate surface area is 171 Å². The maximum absolute atomic E-state index is 12.4. The minimum absolute atomic E-state index is 0.0678. The second kappa shape index (κ2) is 9.78. The number of nitrogens with zero attached hydrogens (tertiary/aromatic N) is 2. The third-order valence-electron chi connectivity index (χ3n) is 4.81. The largest absolute Gasteiger partial charge is 0.497 e. The van der Waals surface area contributed by atoms with Crippen molar-refractivity contribution >= 4 is 23.2 Å². The van der Waals surface area contributed by atoms with E-state index in [2.05, 4.69) is 27.2 Å². The number of hydrogen-bond donors (Lipinski definition) is 1. The van der Waals surface area contributed by atoms with Crippen LogP contribution in [0.15, 0.2) is 42.5 Å². The normalized spacial score (nSPS) is 15.2. The van der Waals surface area contributed by atoms with Gasteiger partial charge < -0.3 is 14.8 Å². The Morgan fingerprint density at radius 2 is 1.79 bits per heavy atom. The number of hydrogen-bond acceptors (Lipinski definition) is 5. The topological polar surface area (TPSA) is 54.0 Å². The van der Waals surface area contributed by atoms with Crippen molar-refractivity contribution in [3.05, 3.63) is 53.1 Å². The zero-order chi connectivity index (χ0) is 19.9. The molecular weight excluding hydrogens is 378 g/mol. The highest BCUT2D eigenvalue weighted by atomic mass is 35.5. The van der Waals surface area contributed by atoms with Gasteiger partial charge in [-0.05, 0) is 35.9 Å². The first-order valence-corrected chi connectivity index (χ1v) is 9.66. The monoisotopic (exact) mass is 403 g/mol. The summed E-state index contributed by atoms with van der Waals surface area (Å²) in [6, 6.07) is 13.3. The van der Waals surface area contributed by atoms with Crippen molar-refractivity contribution in [2.75, 3.05) is 52.3 Å². The van der Waals surface area contributed by atoms with Crippen LogP contribution in [0.5, 0.6) is 11.5 Å². The molecule has 0 unspecified atom stereocenters. The van der Waals surface area contributed by atoms with E-state index in [4.69, 9.17) is 21.1 Å². The Morgan fingerprint density at radius 3 is 2.50 bits per heavy atom. The van der Waals surface area contributed by atoms with E-state index in [1.54, 1.807) is 32.4 Å². The average molecular weight is 404 g/mol. The minimum Gasteiger partial charge on any atom is -0.497 e. The van der Waals surface area contributed by atoms with E-state index >= 15 is 0 Å². The summed E-state index contributed by atoms with van der Waals surface area (Å²) in [5.74, 6) is 1.41. The molecule has 0 aliphatic carbocycles. The van der Waals surface area contributed by atoms with E-state index in [-0.39, 0.29) is 5.91 Å². The van der Waals surface area contributed by atoms with Gasteiger partial charge in [0.15, 0.2) is 0 Å². The number of nitrogens with one attached hydrogen (secondary N) is 1. The number of halogens is 1. The van der Waals surface area contributed by atoms with Gasteiger partial charge in [0.1, 0.15) is 11.5 Å². The van der Waals surface area contributed by atoms with Crippen LogP contribution in [0.4, 0.5) is 5.69 Å². The highest BCUT2D eigenvalue weighted by molar-refractivity contribution is 6.31. The summed E-state index contributed by atoms with van der Waals surface area (Å²) >= 11 is 6.02. The molecule has 28 heavy (non-hydrogen) atoms. The Morgan fingerprint density at radius 1 is 1.04 bits per heavy atom. The maximum Gasteiger partial charge on any atom is 0.238 e. The summed E-state index contributed by atoms with van der Waals surface area (Å²) in [5.41, 5.74) is 1.83. The summed E-state index contributed by atoms with van der Waals surface area (Å²) < 4.78 is 10.6. The summed E-state index contributed by atoms with van der Waals surface area (Å²) in [4.78, 5) is 17.0. The van der Waals surface area contributed by atoms with Gasteiger partial charge in [-0.1, -0.05) is 23.7 Å². The molecule has 7 heteroatoms. The number of methoxy groups -OCH3 is 2. The molecule has 1 fully saturated rings. The molecule has 1 heterocycles. The van der Waals surface area contributed by atoms with E-state index in [1.807, 2.05) is 12.1 Å². The van der Waals surface area contributed by atoms with Crippen LogP contribution in [0.25, 0.3) is 0 Å². The Hall–Kier alpha value is -2.28. The van der Waals surface area contributed by atoms with Gasteiger partial charge in [0.05, 0.1) is 26.5 Å². The molecule has 3 rings (SSSR count). The van der Waals surface area contributed by atoms with Crippen molar-refractivity contribution in [1.29, 1.82) is 0 Å². The van der Waals surface area contributed by atoms with Crippen LogP contribution in [-0.4, -0.2) is 62.7 Å². The summed E-state index contributed by atoms with van der Waals surface area (Å²) in [5, 5.41) is 3.45. The lowest BCUT2D eigenvalue weighted by Gasteiger charge is -2.34. The van der Waals surface area contributed by atoms with Crippen molar-refractivity contribution in [3.63, 3.8) is 0 Å². The SMILES string of the molecule is COc1cccc(CN2CCN(CC(=O)Nc3cc(Cl)ccc3OC)CC2)c1. The third-order valence-corrected chi connectivity index (χ3v) is 5.04. The van der Waals surface area contributed by atoms with Gasteiger partial charge in [0.2, 0.25) is 5.91 Å².